The SMILES string of the molecule is O=c1cc(OCCCNC2CCN(Cc3ccccc3)CC2)c2ccc(-c3ccc(F)cc3)cc2o1. The first-order valence-corrected chi connectivity index (χ1v) is 12.6. The Morgan fingerprint density at radius 3 is 2.47 bits per heavy atom. The van der Waals surface area contributed by atoms with Gasteiger partial charge < -0.3 is 14.5 Å². The van der Waals surface area contributed by atoms with Gasteiger partial charge in [0.15, 0.2) is 0 Å². The van der Waals surface area contributed by atoms with Crippen LogP contribution in [0.4, 0.5) is 4.39 Å². The van der Waals surface area contributed by atoms with Crippen molar-refractivity contribution in [3.05, 3.63) is 101 Å². The van der Waals surface area contributed by atoms with Crippen molar-refractivity contribution in [1.29, 1.82) is 0 Å². The van der Waals surface area contributed by atoms with E-state index in [-0.39, 0.29) is 5.82 Å². The van der Waals surface area contributed by atoms with Gasteiger partial charge in [0.25, 0.3) is 0 Å². The van der Waals surface area contributed by atoms with Crippen LogP contribution < -0.4 is 15.7 Å². The molecule has 5 rings (SSSR count). The summed E-state index contributed by atoms with van der Waals surface area (Å²) in [5.74, 6) is 0.242. The summed E-state index contributed by atoms with van der Waals surface area (Å²) < 4.78 is 24.6. The van der Waals surface area contributed by atoms with Crippen molar-refractivity contribution in [2.24, 2.45) is 0 Å². The molecule has 1 aromatic heterocycles. The predicted octanol–water partition coefficient (Wildman–Crippen LogP) is 5.62. The normalized spacial score (nSPS) is 14.8. The number of likely N-dealkylation sites (tertiary alicyclic amines) is 1. The number of ether oxygens (including phenoxy) is 1. The molecule has 2 heterocycles. The zero-order valence-electron chi connectivity index (χ0n) is 20.3. The van der Waals surface area contributed by atoms with Crippen LogP contribution in [0.15, 0.2) is 88.1 Å². The van der Waals surface area contributed by atoms with E-state index < -0.39 is 5.63 Å². The quantitative estimate of drug-likeness (QED) is 0.246. The molecule has 1 saturated heterocycles. The Hall–Kier alpha value is -3.48. The first kappa shape index (κ1) is 24.2. The lowest BCUT2D eigenvalue weighted by Crippen LogP contribution is -2.42. The number of nitrogens with zero attached hydrogens (tertiary/aromatic N) is 1. The maximum Gasteiger partial charge on any atom is 0.339 e. The van der Waals surface area contributed by atoms with Crippen molar-refractivity contribution in [2.45, 2.75) is 31.8 Å². The molecule has 1 aliphatic rings. The number of halogens is 1. The van der Waals surface area contributed by atoms with Crippen molar-refractivity contribution >= 4 is 11.0 Å². The lowest BCUT2D eigenvalue weighted by Gasteiger charge is -2.32. The average molecular weight is 487 g/mol. The van der Waals surface area contributed by atoms with Crippen LogP contribution in [0.3, 0.4) is 0 Å². The molecule has 0 saturated carbocycles. The number of rotatable bonds is 9. The maximum absolute atomic E-state index is 13.2. The van der Waals surface area contributed by atoms with Crippen LogP contribution >= 0.6 is 0 Å². The van der Waals surface area contributed by atoms with E-state index in [4.69, 9.17) is 9.15 Å². The van der Waals surface area contributed by atoms with Gasteiger partial charge in [-0.2, -0.15) is 0 Å². The topological polar surface area (TPSA) is 54.7 Å². The molecule has 0 atom stereocenters. The fourth-order valence-electron chi connectivity index (χ4n) is 4.77. The van der Waals surface area contributed by atoms with Gasteiger partial charge >= 0.3 is 5.63 Å². The molecule has 0 unspecified atom stereocenters. The van der Waals surface area contributed by atoms with Gasteiger partial charge in [0.2, 0.25) is 0 Å². The Labute approximate surface area is 210 Å². The monoisotopic (exact) mass is 486 g/mol. The summed E-state index contributed by atoms with van der Waals surface area (Å²) in [6.45, 7) is 4.62. The molecule has 0 aliphatic carbocycles. The average Bonchev–Trinajstić information content (AvgIpc) is 2.90. The van der Waals surface area contributed by atoms with Gasteiger partial charge in [0.05, 0.1) is 18.1 Å². The van der Waals surface area contributed by atoms with Gasteiger partial charge in [0, 0.05) is 12.6 Å². The highest BCUT2D eigenvalue weighted by atomic mass is 19.1. The zero-order chi connectivity index (χ0) is 24.7. The lowest BCUT2D eigenvalue weighted by atomic mass is 10.0. The molecule has 0 bridgehead atoms. The molecular weight excluding hydrogens is 455 g/mol. The summed E-state index contributed by atoms with van der Waals surface area (Å²) in [6, 6.07) is 24.4. The van der Waals surface area contributed by atoms with E-state index in [1.54, 1.807) is 18.2 Å². The van der Waals surface area contributed by atoms with Crippen LogP contribution in [0.25, 0.3) is 22.1 Å². The number of nitrogens with one attached hydrogen (secondary N) is 1. The van der Waals surface area contributed by atoms with Gasteiger partial charge in [-0.25, -0.2) is 9.18 Å². The molecular formula is C30H31FN2O3. The number of piperidine rings is 1. The number of benzene rings is 3. The van der Waals surface area contributed by atoms with Crippen LogP contribution in [-0.2, 0) is 6.54 Å². The maximum atomic E-state index is 13.2. The second-order valence-electron chi connectivity index (χ2n) is 9.34. The molecule has 0 amide bonds. The first-order chi connectivity index (χ1) is 17.6. The Morgan fingerprint density at radius 2 is 1.69 bits per heavy atom. The summed E-state index contributed by atoms with van der Waals surface area (Å²) in [5.41, 5.74) is 3.08. The molecule has 5 nitrogen and oxygen atoms in total. The van der Waals surface area contributed by atoms with E-state index in [2.05, 4.69) is 40.5 Å². The molecule has 0 spiro atoms. The number of hydrogen-bond acceptors (Lipinski definition) is 5. The molecule has 6 heteroatoms. The lowest BCUT2D eigenvalue weighted by molar-refractivity contribution is 0.189. The van der Waals surface area contributed by atoms with Crippen molar-refractivity contribution in [3.8, 4) is 16.9 Å². The van der Waals surface area contributed by atoms with Gasteiger partial charge in [-0.1, -0.05) is 48.5 Å². The van der Waals surface area contributed by atoms with E-state index in [1.807, 2.05) is 12.1 Å². The van der Waals surface area contributed by atoms with Crippen LogP contribution in [0.2, 0.25) is 0 Å². The van der Waals surface area contributed by atoms with E-state index >= 15 is 0 Å². The minimum Gasteiger partial charge on any atom is -0.492 e. The molecule has 186 valence electrons. The fourth-order valence-corrected chi connectivity index (χ4v) is 4.77. The van der Waals surface area contributed by atoms with E-state index in [0.29, 0.717) is 24.0 Å². The molecule has 1 N–H and O–H groups in total. The number of hydrogen-bond donors (Lipinski definition) is 1. The molecule has 1 aliphatic heterocycles. The van der Waals surface area contributed by atoms with Crippen molar-refractivity contribution in [3.63, 3.8) is 0 Å². The fraction of sp³-hybridized carbons (Fsp3) is 0.300. The van der Waals surface area contributed by atoms with Crippen LogP contribution in [0.5, 0.6) is 5.75 Å². The summed E-state index contributed by atoms with van der Waals surface area (Å²) >= 11 is 0. The molecule has 0 radical (unpaired) electrons. The van der Waals surface area contributed by atoms with Crippen LogP contribution in [0, 0.1) is 5.82 Å². The molecule has 36 heavy (non-hydrogen) atoms. The Kier molecular flexibility index (Phi) is 7.74. The third-order valence-corrected chi connectivity index (χ3v) is 6.73. The van der Waals surface area contributed by atoms with Gasteiger partial charge in [0.1, 0.15) is 17.1 Å². The Balaban J connectivity index is 1.10. The third-order valence-electron chi connectivity index (χ3n) is 6.73. The minimum atomic E-state index is -0.450. The minimum absolute atomic E-state index is 0.287. The smallest absolute Gasteiger partial charge is 0.339 e. The highest BCUT2D eigenvalue weighted by molar-refractivity contribution is 5.87. The van der Waals surface area contributed by atoms with Crippen molar-refractivity contribution < 1.29 is 13.5 Å². The highest BCUT2D eigenvalue weighted by Crippen LogP contribution is 2.29. The second kappa shape index (κ2) is 11.5. The second-order valence-corrected chi connectivity index (χ2v) is 9.34. The summed E-state index contributed by atoms with van der Waals surface area (Å²) in [4.78, 5) is 14.6. The first-order valence-electron chi connectivity index (χ1n) is 12.6. The van der Waals surface area contributed by atoms with Crippen molar-refractivity contribution in [2.75, 3.05) is 26.2 Å². The highest BCUT2D eigenvalue weighted by Gasteiger charge is 2.18. The third kappa shape index (κ3) is 6.20. The Morgan fingerprint density at radius 1 is 0.944 bits per heavy atom. The summed E-state index contributed by atoms with van der Waals surface area (Å²) in [6.07, 6.45) is 3.14. The summed E-state index contributed by atoms with van der Waals surface area (Å²) in [7, 11) is 0. The van der Waals surface area contributed by atoms with Crippen molar-refractivity contribution in [1.82, 2.24) is 10.2 Å². The van der Waals surface area contributed by atoms with E-state index in [1.165, 1.54) is 23.8 Å². The van der Waals surface area contributed by atoms with E-state index in [0.717, 1.165) is 62.0 Å². The van der Waals surface area contributed by atoms with Gasteiger partial charge in [-0.3, -0.25) is 4.90 Å². The summed E-state index contributed by atoms with van der Waals surface area (Å²) in [5, 5.41) is 4.41. The van der Waals surface area contributed by atoms with E-state index in [9.17, 15) is 9.18 Å². The Bertz CT molecular complexity index is 1330. The van der Waals surface area contributed by atoms with Gasteiger partial charge in [-0.05, 0) is 79.9 Å². The predicted molar refractivity (Wildman–Crippen MR) is 141 cm³/mol. The molecule has 1 fully saturated rings. The molecule has 3 aromatic carbocycles. The number of fused-ring (bicyclic) bond motifs is 1. The largest absolute Gasteiger partial charge is 0.492 e. The standard InChI is InChI=1S/C30H31FN2O3/c31-25-10-7-23(8-11-25)24-9-12-27-28(20-30(34)36-29(27)19-24)35-18-4-15-32-26-13-16-33(17-14-26)21-22-5-2-1-3-6-22/h1-3,5-12,19-20,26,32H,4,13-18,21H2. The van der Waals surface area contributed by atoms with Crippen LogP contribution in [-0.4, -0.2) is 37.2 Å². The van der Waals surface area contributed by atoms with Gasteiger partial charge in [-0.15, -0.1) is 0 Å². The van der Waals surface area contributed by atoms with Crippen LogP contribution in [0.1, 0.15) is 24.8 Å². The zero-order valence-corrected chi connectivity index (χ0v) is 20.3. The molecule has 4 aromatic rings.